The molecule has 1 aromatic carbocycles. The van der Waals surface area contributed by atoms with Crippen molar-refractivity contribution in [3.8, 4) is 5.75 Å². The predicted octanol–water partition coefficient (Wildman–Crippen LogP) is 4.80. The fourth-order valence-electron chi connectivity index (χ4n) is 2.37. The van der Waals surface area contributed by atoms with E-state index in [4.69, 9.17) is 4.74 Å². The van der Waals surface area contributed by atoms with Crippen LogP contribution in [0.15, 0.2) is 36.4 Å². The van der Waals surface area contributed by atoms with E-state index in [9.17, 15) is 0 Å². The quantitative estimate of drug-likeness (QED) is 0.793. The lowest BCUT2D eigenvalue weighted by Crippen LogP contribution is -2.21. The average molecular weight is 303 g/mol. The molecule has 21 heavy (non-hydrogen) atoms. The second-order valence-electron chi connectivity index (χ2n) is 5.39. The van der Waals surface area contributed by atoms with Crippen LogP contribution < -0.4 is 10.1 Å². The zero-order valence-corrected chi connectivity index (χ0v) is 14.2. The first-order valence-corrected chi connectivity index (χ1v) is 8.54. The third-order valence-electron chi connectivity index (χ3n) is 3.29. The van der Waals surface area contributed by atoms with E-state index in [2.05, 4.69) is 63.3 Å². The summed E-state index contributed by atoms with van der Waals surface area (Å²) in [5.41, 5.74) is 1.26. The summed E-state index contributed by atoms with van der Waals surface area (Å²) < 4.78 is 5.82. The molecule has 0 saturated carbocycles. The van der Waals surface area contributed by atoms with Gasteiger partial charge < -0.3 is 10.1 Å². The summed E-state index contributed by atoms with van der Waals surface area (Å²) >= 11 is 1.89. The molecule has 2 aromatic rings. The number of benzene rings is 1. The van der Waals surface area contributed by atoms with Gasteiger partial charge in [0.25, 0.3) is 0 Å². The number of hydrogen-bond acceptors (Lipinski definition) is 3. The third kappa shape index (κ3) is 4.32. The molecule has 1 aromatic heterocycles. The number of hydrogen-bond donors (Lipinski definition) is 1. The van der Waals surface area contributed by atoms with Crippen LogP contribution in [0.5, 0.6) is 5.75 Å². The summed E-state index contributed by atoms with van der Waals surface area (Å²) in [7, 11) is 0. The first kappa shape index (κ1) is 16.1. The van der Waals surface area contributed by atoms with Gasteiger partial charge in [-0.15, -0.1) is 11.3 Å². The molecule has 0 aliphatic heterocycles. The van der Waals surface area contributed by atoms with Gasteiger partial charge in [0.15, 0.2) is 0 Å². The van der Waals surface area contributed by atoms with E-state index in [0.29, 0.717) is 0 Å². The van der Waals surface area contributed by atoms with E-state index in [1.165, 1.54) is 15.3 Å². The lowest BCUT2D eigenvalue weighted by atomic mass is 10.0. The molecule has 0 saturated heterocycles. The van der Waals surface area contributed by atoms with Crippen molar-refractivity contribution in [2.24, 2.45) is 0 Å². The van der Waals surface area contributed by atoms with E-state index >= 15 is 0 Å². The molecule has 2 rings (SSSR count). The summed E-state index contributed by atoms with van der Waals surface area (Å²) in [6, 6.07) is 13.1. The van der Waals surface area contributed by atoms with Crippen LogP contribution in [0.4, 0.5) is 0 Å². The van der Waals surface area contributed by atoms with Crippen LogP contribution in [0.3, 0.4) is 0 Å². The molecular weight excluding hydrogens is 278 g/mol. The minimum Gasteiger partial charge on any atom is -0.491 e. The van der Waals surface area contributed by atoms with Crippen molar-refractivity contribution < 1.29 is 4.74 Å². The molecule has 0 radical (unpaired) electrons. The molecule has 1 N–H and O–H groups in total. The Balaban J connectivity index is 2.29. The fourth-order valence-corrected chi connectivity index (χ4v) is 3.42. The maximum Gasteiger partial charge on any atom is 0.120 e. The van der Waals surface area contributed by atoms with Crippen molar-refractivity contribution in [3.05, 3.63) is 51.7 Å². The molecule has 0 fully saturated rings. The van der Waals surface area contributed by atoms with Gasteiger partial charge in [0, 0.05) is 9.75 Å². The van der Waals surface area contributed by atoms with E-state index in [0.717, 1.165) is 18.7 Å². The van der Waals surface area contributed by atoms with Gasteiger partial charge in [-0.2, -0.15) is 0 Å². The number of aryl methyl sites for hydroxylation is 1. The number of ether oxygens (including phenoxy) is 1. The van der Waals surface area contributed by atoms with Crippen LogP contribution in [0.1, 0.15) is 49.1 Å². The Labute approximate surface area is 132 Å². The fraction of sp³-hybridized carbons (Fsp3) is 0.444. The van der Waals surface area contributed by atoms with Crippen molar-refractivity contribution in [1.29, 1.82) is 0 Å². The molecule has 0 bridgehead atoms. The van der Waals surface area contributed by atoms with Gasteiger partial charge in [-0.05, 0) is 56.6 Å². The second-order valence-corrected chi connectivity index (χ2v) is 6.59. The van der Waals surface area contributed by atoms with Gasteiger partial charge in [0.2, 0.25) is 0 Å². The molecule has 1 unspecified atom stereocenters. The van der Waals surface area contributed by atoms with Gasteiger partial charge in [-0.1, -0.05) is 26.0 Å². The molecule has 0 spiro atoms. The van der Waals surface area contributed by atoms with Gasteiger partial charge in [-0.3, -0.25) is 0 Å². The zero-order chi connectivity index (χ0) is 15.2. The van der Waals surface area contributed by atoms with E-state index in [1.807, 2.05) is 17.4 Å². The van der Waals surface area contributed by atoms with Gasteiger partial charge in [0.1, 0.15) is 5.75 Å². The Morgan fingerprint density at radius 2 is 1.95 bits per heavy atom. The lowest BCUT2D eigenvalue weighted by Gasteiger charge is -2.18. The molecule has 0 aliphatic rings. The maximum absolute atomic E-state index is 5.82. The molecule has 1 atom stereocenters. The Kier molecular flexibility index (Phi) is 5.83. The summed E-state index contributed by atoms with van der Waals surface area (Å²) in [5, 5.41) is 3.59. The Hall–Kier alpha value is -1.32. The molecular formula is C18H25NOS. The molecule has 0 aliphatic carbocycles. The van der Waals surface area contributed by atoms with Crippen molar-refractivity contribution in [1.82, 2.24) is 5.32 Å². The van der Waals surface area contributed by atoms with Gasteiger partial charge in [0.05, 0.1) is 12.1 Å². The van der Waals surface area contributed by atoms with Crippen LogP contribution in [0.2, 0.25) is 0 Å². The molecule has 2 nitrogen and oxygen atoms in total. The van der Waals surface area contributed by atoms with Gasteiger partial charge in [-0.25, -0.2) is 0 Å². The highest BCUT2D eigenvalue weighted by Crippen LogP contribution is 2.30. The highest BCUT2D eigenvalue weighted by Gasteiger charge is 2.16. The highest BCUT2D eigenvalue weighted by molar-refractivity contribution is 7.12. The predicted molar refractivity (Wildman–Crippen MR) is 91.4 cm³/mol. The Morgan fingerprint density at radius 1 is 1.14 bits per heavy atom. The minimum atomic E-state index is 0.200. The van der Waals surface area contributed by atoms with Crippen molar-refractivity contribution in [3.63, 3.8) is 0 Å². The normalized spacial score (nSPS) is 12.6. The topological polar surface area (TPSA) is 21.3 Å². The van der Waals surface area contributed by atoms with Crippen LogP contribution >= 0.6 is 11.3 Å². The van der Waals surface area contributed by atoms with Crippen LogP contribution in [0, 0.1) is 0 Å². The first-order valence-electron chi connectivity index (χ1n) is 7.72. The summed E-state index contributed by atoms with van der Waals surface area (Å²) in [5.74, 6) is 0.942. The first-order chi connectivity index (χ1) is 10.1. The van der Waals surface area contributed by atoms with Gasteiger partial charge >= 0.3 is 0 Å². The average Bonchev–Trinajstić information content (AvgIpc) is 2.93. The number of rotatable bonds is 7. The van der Waals surface area contributed by atoms with Crippen LogP contribution in [0.25, 0.3) is 0 Å². The highest BCUT2D eigenvalue weighted by atomic mass is 32.1. The van der Waals surface area contributed by atoms with Crippen molar-refractivity contribution >= 4 is 11.3 Å². The molecule has 114 valence electrons. The minimum absolute atomic E-state index is 0.200. The van der Waals surface area contributed by atoms with Crippen LogP contribution in [-0.4, -0.2) is 12.6 Å². The van der Waals surface area contributed by atoms with E-state index in [1.54, 1.807) is 0 Å². The Morgan fingerprint density at radius 3 is 2.57 bits per heavy atom. The summed E-state index contributed by atoms with van der Waals surface area (Å²) in [6.07, 6.45) is 1.30. The monoisotopic (exact) mass is 303 g/mol. The lowest BCUT2D eigenvalue weighted by molar-refractivity contribution is 0.242. The number of nitrogens with one attached hydrogen (secondary N) is 1. The molecule has 3 heteroatoms. The number of thiophene rings is 1. The second kappa shape index (κ2) is 7.62. The van der Waals surface area contributed by atoms with Crippen molar-refractivity contribution in [2.75, 3.05) is 6.54 Å². The maximum atomic E-state index is 5.82. The molecule has 1 heterocycles. The standard InChI is InChI=1S/C18H25NOS/c1-5-16-10-11-17(21-16)18(19-6-2)14-8-7-9-15(12-14)20-13(3)4/h7-13,18-19H,5-6H2,1-4H3. The van der Waals surface area contributed by atoms with E-state index in [-0.39, 0.29) is 12.1 Å². The SMILES string of the molecule is CCNC(c1cccc(OC(C)C)c1)c1ccc(CC)s1. The summed E-state index contributed by atoms with van der Waals surface area (Å²) in [4.78, 5) is 2.80. The third-order valence-corrected chi connectivity index (χ3v) is 4.58. The largest absolute Gasteiger partial charge is 0.491 e. The van der Waals surface area contributed by atoms with Crippen molar-refractivity contribution in [2.45, 2.75) is 46.3 Å². The van der Waals surface area contributed by atoms with Crippen LogP contribution in [-0.2, 0) is 6.42 Å². The summed E-state index contributed by atoms with van der Waals surface area (Å²) in [6.45, 7) is 9.41. The molecule has 0 amide bonds. The zero-order valence-electron chi connectivity index (χ0n) is 13.3. The Bertz CT molecular complexity index is 562. The smallest absolute Gasteiger partial charge is 0.120 e. The van der Waals surface area contributed by atoms with E-state index < -0.39 is 0 Å².